The Balaban J connectivity index is 2.87. The zero-order valence-electron chi connectivity index (χ0n) is 8.28. The second-order valence-corrected chi connectivity index (χ2v) is 2.98. The molecule has 0 spiro atoms. The topological polar surface area (TPSA) is 52.3 Å². The van der Waals surface area contributed by atoms with E-state index in [9.17, 15) is 4.79 Å². The third kappa shape index (κ3) is 2.62. The van der Waals surface area contributed by atoms with Crippen molar-refractivity contribution >= 4 is 5.78 Å². The van der Waals surface area contributed by atoms with Crippen molar-refractivity contribution in [1.29, 1.82) is 0 Å². The van der Waals surface area contributed by atoms with Crippen molar-refractivity contribution < 1.29 is 9.53 Å². The fraction of sp³-hybridized carbons (Fsp3) is 0.182. The van der Waals surface area contributed by atoms with Gasteiger partial charge in [0.1, 0.15) is 5.75 Å². The molecule has 0 amide bonds. The molecule has 3 heteroatoms. The average Bonchev–Trinajstić information content (AvgIpc) is 2.17. The highest BCUT2D eigenvalue weighted by atomic mass is 16.5. The van der Waals surface area contributed by atoms with E-state index in [1.54, 1.807) is 38.3 Å². The van der Waals surface area contributed by atoms with Gasteiger partial charge in [-0.25, -0.2) is 0 Å². The molecule has 0 fully saturated rings. The molecule has 0 unspecified atom stereocenters. The minimum Gasteiger partial charge on any atom is -0.497 e. The molecule has 1 rings (SSSR count). The molecular weight excluding hydrogens is 178 g/mol. The van der Waals surface area contributed by atoms with Gasteiger partial charge in [-0.15, -0.1) is 0 Å². The molecular formula is C11H13NO2. The highest BCUT2D eigenvalue weighted by molar-refractivity contribution is 6.04. The Hall–Kier alpha value is -1.77. The molecule has 74 valence electrons. The maximum Gasteiger partial charge on any atom is 0.187 e. The number of carbonyl (C=O) groups is 1. The van der Waals surface area contributed by atoms with Crippen LogP contribution >= 0.6 is 0 Å². The molecule has 1 aromatic carbocycles. The highest BCUT2D eigenvalue weighted by Gasteiger charge is 2.01. The van der Waals surface area contributed by atoms with Crippen LogP contribution in [-0.2, 0) is 0 Å². The van der Waals surface area contributed by atoms with E-state index < -0.39 is 0 Å². The van der Waals surface area contributed by atoms with Gasteiger partial charge >= 0.3 is 0 Å². The van der Waals surface area contributed by atoms with E-state index in [-0.39, 0.29) is 5.78 Å². The monoisotopic (exact) mass is 191 g/mol. The van der Waals surface area contributed by atoms with Crippen LogP contribution in [0.25, 0.3) is 0 Å². The minimum atomic E-state index is -0.0901. The first-order chi connectivity index (χ1) is 6.63. The number of carbonyl (C=O) groups excluding carboxylic acids is 1. The molecule has 0 heterocycles. The van der Waals surface area contributed by atoms with E-state index in [2.05, 4.69) is 0 Å². The largest absolute Gasteiger partial charge is 0.497 e. The van der Waals surface area contributed by atoms with Gasteiger partial charge in [-0.3, -0.25) is 4.79 Å². The van der Waals surface area contributed by atoms with Crippen LogP contribution in [0.15, 0.2) is 36.0 Å². The second kappa shape index (κ2) is 4.46. The summed E-state index contributed by atoms with van der Waals surface area (Å²) in [5, 5.41) is 0. The molecule has 1 aromatic rings. The van der Waals surface area contributed by atoms with Crippen LogP contribution in [0.3, 0.4) is 0 Å². The standard InChI is InChI=1S/C11H13NO2/c1-8(12)7-11(13)9-3-5-10(14-2)6-4-9/h3-7H,12H2,1-2H3/b8-7+. The fourth-order valence-electron chi connectivity index (χ4n) is 1.05. The number of methoxy groups -OCH3 is 1. The molecule has 3 nitrogen and oxygen atoms in total. The summed E-state index contributed by atoms with van der Waals surface area (Å²) < 4.78 is 4.98. The third-order valence-electron chi connectivity index (χ3n) is 1.73. The van der Waals surface area contributed by atoms with Gasteiger partial charge in [0.05, 0.1) is 7.11 Å². The first-order valence-electron chi connectivity index (χ1n) is 4.25. The summed E-state index contributed by atoms with van der Waals surface area (Å²) in [7, 11) is 1.58. The molecule has 0 atom stereocenters. The van der Waals surface area contributed by atoms with Gasteiger partial charge in [-0.1, -0.05) is 0 Å². The highest BCUT2D eigenvalue weighted by Crippen LogP contribution is 2.12. The number of rotatable bonds is 3. The number of allylic oxidation sites excluding steroid dienone is 2. The summed E-state index contributed by atoms with van der Waals surface area (Å²) in [6.07, 6.45) is 1.40. The number of ether oxygens (including phenoxy) is 1. The second-order valence-electron chi connectivity index (χ2n) is 2.98. The molecule has 0 saturated carbocycles. The maximum absolute atomic E-state index is 11.5. The van der Waals surface area contributed by atoms with Crippen molar-refractivity contribution in [2.75, 3.05) is 7.11 Å². The van der Waals surface area contributed by atoms with E-state index in [1.165, 1.54) is 6.08 Å². The lowest BCUT2D eigenvalue weighted by atomic mass is 10.1. The summed E-state index contributed by atoms with van der Waals surface area (Å²) in [4.78, 5) is 11.5. The van der Waals surface area contributed by atoms with E-state index in [0.29, 0.717) is 11.3 Å². The van der Waals surface area contributed by atoms with Crippen LogP contribution in [0.1, 0.15) is 17.3 Å². The Kier molecular flexibility index (Phi) is 3.29. The molecule has 0 saturated heterocycles. The molecule has 0 aromatic heterocycles. The van der Waals surface area contributed by atoms with Gasteiger partial charge in [-0.2, -0.15) is 0 Å². The van der Waals surface area contributed by atoms with Crippen LogP contribution in [0.5, 0.6) is 5.75 Å². The van der Waals surface area contributed by atoms with Crippen LogP contribution in [-0.4, -0.2) is 12.9 Å². The first kappa shape index (κ1) is 10.3. The van der Waals surface area contributed by atoms with Gasteiger partial charge in [0, 0.05) is 17.3 Å². The molecule has 0 aliphatic rings. The van der Waals surface area contributed by atoms with E-state index in [0.717, 1.165) is 5.75 Å². The van der Waals surface area contributed by atoms with Crippen LogP contribution in [0.4, 0.5) is 0 Å². The molecule has 2 N–H and O–H groups in total. The van der Waals surface area contributed by atoms with Gasteiger partial charge in [0.15, 0.2) is 5.78 Å². The Morgan fingerprint density at radius 3 is 2.36 bits per heavy atom. The van der Waals surface area contributed by atoms with Crippen molar-refractivity contribution in [3.8, 4) is 5.75 Å². The Morgan fingerprint density at radius 2 is 1.93 bits per heavy atom. The number of hydrogen-bond acceptors (Lipinski definition) is 3. The number of hydrogen-bond donors (Lipinski definition) is 1. The quantitative estimate of drug-likeness (QED) is 0.584. The van der Waals surface area contributed by atoms with Crippen LogP contribution < -0.4 is 10.5 Å². The third-order valence-corrected chi connectivity index (χ3v) is 1.73. The minimum absolute atomic E-state index is 0.0901. The molecule has 14 heavy (non-hydrogen) atoms. The summed E-state index contributed by atoms with van der Waals surface area (Å²) in [5.74, 6) is 0.641. The van der Waals surface area contributed by atoms with Gasteiger partial charge < -0.3 is 10.5 Å². The van der Waals surface area contributed by atoms with Crippen molar-refractivity contribution in [2.24, 2.45) is 5.73 Å². The molecule has 0 aliphatic heterocycles. The smallest absolute Gasteiger partial charge is 0.187 e. The summed E-state index contributed by atoms with van der Waals surface area (Å²) in [6, 6.07) is 6.90. The lowest BCUT2D eigenvalue weighted by Crippen LogP contribution is -1.99. The molecule has 0 aliphatic carbocycles. The first-order valence-corrected chi connectivity index (χ1v) is 4.25. The van der Waals surface area contributed by atoms with E-state index >= 15 is 0 Å². The Morgan fingerprint density at radius 1 is 1.36 bits per heavy atom. The zero-order valence-corrected chi connectivity index (χ0v) is 8.28. The lowest BCUT2D eigenvalue weighted by molar-refractivity contribution is 0.104. The van der Waals surface area contributed by atoms with E-state index in [1.807, 2.05) is 0 Å². The summed E-state index contributed by atoms with van der Waals surface area (Å²) in [6.45, 7) is 1.68. The number of ketones is 1. The summed E-state index contributed by atoms with van der Waals surface area (Å²) >= 11 is 0. The Bertz CT molecular complexity index is 348. The van der Waals surface area contributed by atoms with Crippen molar-refractivity contribution in [2.45, 2.75) is 6.92 Å². The maximum atomic E-state index is 11.5. The fourth-order valence-corrected chi connectivity index (χ4v) is 1.05. The number of nitrogens with two attached hydrogens (primary N) is 1. The van der Waals surface area contributed by atoms with Crippen molar-refractivity contribution in [3.05, 3.63) is 41.6 Å². The van der Waals surface area contributed by atoms with Crippen LogP contribution in [0, 0.1) is 0 Å². The van der Waals surface area contributed by atoms with Gasteiger partial charge in [0.25, 0.3) is 0 Å². The molecule has 0 bridgehead atoms. The SMILES string of the molecule is COc1ccc(C(=O)/C=C(\C)N)cc1. The van der Waals surface area contributed by atoms with Crippen molar-refractivity contribution in [1.82, 2.24) is 0 Å². The Labute approximate surface area is 83.2 Å². The van der Waals surface area contributed by atoms with E-state index in [4.69, 9.17) is 10.5 Å². The van der Waals surface area contributed by atoms with Gasteiger partial charge in [0.2, 0.25) is 0 Å². The van der Waals surface area contributed by atoms with Crippen LogP contribution in [0.2, 0.25) is 0 Å². The predicted octanol–water partition coefficient (Wildman–Crippen LogP) is 1.74. The predicted molar refractivity (Wildman–Crippen MR) is 55.3 cm³/mol. The summed E-state index contributed by atoms with van der Waals surface area (Å²) in [5.41, 5.74) is 6.51. The van der Waals surface area contributed by atoms with Gasteiger partial charge in [-0.05, 0) is 31.2 Å². The lowest BCUT2D eigenvalue weighted by Gasteiger charge is -2.00. The molecule has 0 radical (unpaired) electrons. The normalized spacial score (nSPS) is 11.1. The van der Waals surface area contributed by atoms with Crippen molar-refractivity contribution in [3.63, 3.8) is 0 Å². The average molecular weight is 191 g/mol. The number of benzene rings is 1. The zero-order chi connectivity index (χ0) is 10.6.